The van der Waals surface area contributed by atoms with Gasteiger partial charge in [0.2, 0.25) is 0 Å². The Hall–Kier alpha value is -1.39. The number of esters is 1. The predicted octanol–water partition coefficient (Wildman–Crippen LogP) is 1.56. The quantitative estimate of drug-likeness (QED) is 0.571. The molecule has 1 aromatic carbocycles. The van der Waals surface area contributed by atoms with E-state index in [0.29, 0.717) is 6.42 Å². The van der Waals surface area contributed by atoms with Crippen LogP contribution in [0, 0.1) is 0 Å². The van der Waals surface area contributed by atoms with E-state index in [0.717, 1.165) is 36.0 Å². The lowest BCUT2D eigenvalue weighted by Crippen LogP contribution is -2.00. The Morgan fingerprint density at radius 3 is 2.11 bits per heavy atom. The summed E-state index contributed by atoms with van der Waals surface area (Å²) in [7, 11) is 1.39. The zero-order valence-corrected chi connectivity index (χ0v) is 10.7. The Morgan fingerprint density at radius 1 is 1.06 bits per heavy atom. The van der Waals surface area contributed by atoms with Crippen molar-refractivity contribution in [1.82, 2.24) is 0 Å². The van der Waals surface area contributed by atoms with Crippen LogP contribution in [0.3, 0.4) is 0 Å². The fourth-order valence-electron chi connectivity index (χ4n) is 1.87. The number of carbonyl (C=O) groups excluding carboxylic acids is 1. The molecule has 4 nitrogen and oxygen atoms in total. The largest absolute Gasteiger partial charge is 0.469 e. The smallest absolute Gasteiger partial charge is 0.305 e. The number of ether oxygens (including phenoxy) is 1. The van der Waals surface area contributed by atoms with Gasteiger partial charge in [-0.2, -0.15) is 0 Å². The van der Waals surface area contributed by atoms with Crippen LogP contribution in [-0.2, 0) is 29.2 Å². The number of methoxy groups -OCH3 is 1. The molecule has 0 bridgehead atoms. The number of hydrogen-bond donors (Lipinski definition) is 2. The van der Waals surface area contributed by atoms with Gasteiger partial charge in [-0.25, -0.2) is 0 Å². The molecule has 0 saturated heterocycles. The minimum absolute atomic E-state index is 0.0248. The lowest BCUT2D eigenvalue weighted by molar-refractivity contribution is -0.140. The molecule has 2 N–H and O–H groups in total. The maximum absolute atomic E-state index is 10.9. The second-order valence-electron chi connectivity index (χ2n) is 4.26. The molecule has 0 spiro atoms. The molecule has 1 aromatic rings. The highest BCUT2D eigenvalue weighted by molar-refractivity contribution is 5.68. The molecule has 0 radical (unpaired) electrons. The maximum atomic E-state index is 10.9. The summed E-state index contributed by atoms with van der Waals surface area (Å²) in [6.45, 7) is -0.0496. The zero-order valence-electron chi connectivity index (χ0n) is 10.7. The lowest BCUT2D eigenvalue weighted by atomic mass is 10.0. The van der Waals surface area contributed by atoms with Crippen molar-refractivity contribution in [1.29, 1.82) is 0 Å². The van der Waals surface area contributed by atoms with E-state index in [2.05, 4.69) is 4.74 Å². The van der Waals surface area contributed by atoms with Crippen molar-refractivity contribution >= 4 is 5.97 Å². The van der Waals surface area contributed by atoms with Crippen LogP contribution in [0.5, 0.6) is 0 Å². The summed E-state index contributed by atoms with van der Waals surface area (Å²) < 4.78 is 4.57. The van der Waals surface area contributed by atoms with E-state index in [1.807, 2.05) is 12.1 Å². The first-order valence-electron chi connectivity index (χ1n) is 6.10. The van der Waals surface area contributed by atoms with Crippen LogP contribution in [0.1, 0.15) is 36.0 Å². The van der Waals surface area contributed by atoms with Crippen molar-refractivity contribution in [2.75, 3.05) is 7.11 Å². The third-order valence-corrected chi connectivity index (χ3v) is 2.80. The number of unbranched alkanes of at least 4 members (excludes halogenated alkanes) is 1. The highest BCUT2D eigenvalue weighted by Gasteiger charge is 2.03. The Balaban J connectivity index is 2.48. The van der Waals surface area contributed by atoms with Crippen LogP contribution in [0.4, 0.5) is 0 Å². The number of hydrogen-bond acceptors (Lipinski definition) is 4. The van der Waals surface area contributed by atoms with E-state index in [9.17, 15) is 4.79 Å². The van der Waals surface area contributed by atoms with Crippen molar-refractivity contribution in [3.63, 3.8) is 0 Å². The van der Waals surface area contributed by atoms with Gasteiger partial charge in [-0.1, -0.05) is 18.2 Å². The molecule has 100 valence electrons. The van der Waals surface area contributed by atoms with Crippen LogP contribution in [0.25, 0.3) is 0 Å². The van der Waals surface area contributed by atoms with Crippen molar-refractivity contribution in [3.8, 4) is 0 Å². The molecule has 0 aliphatic rings. The van der Waals surface area contributed by atoms with E-state index in [-0.39, 0.29) is 19.2 Å². The summed E-state index contributed by atoms with van der Waals surface area (Å²) in [5.41, 5.74) is 2.70. The number of benzene rings is 1. The van der Waals surface area contributed by atoms with E-state index in [1.165, 1.54) is 7.11 Å². The Labute approximate surface area is 107 Å². The fraction of sp³-hybridized carbons (Fsp3) is 0.500. The van der Waals surface area contributed by atoms with Gasteiger partial charge in [0.25, 0.3) is 0 Å². The summed E-state index contributed by atoms with van der Waals surface area (Å²) in [4.78, 5) is 10.9. The Kier molecular flexibility index (Phi) is 6.39. The number of carbonyl (C=O) groups is 1. The van der Waals surface area contributed by atoms with E-state index in [4.69, 9.17) is 10.2 Å². The summed E-state index contributed by atoms with van der Waals surface area (Å²) in [6.07, 6.45) is 2.93. The molecule has 0 unspecified atom stereocenters. The SMILES string of the molecule is COC(=O)CCCCc1cc(CO)cc(CO)c1. The molecule has 0 amide bonds. The van der Waals surface area contributed by atoms with E-state index < -0.39 is 0 Å². The molecule has 4 heteroatoms. The van der Waals surface area contributed by atoms with Gasteiger partial charge in [-0.3, -0.25) is 4.79 Å². The number of aryl methyl sites for hydroxylation is 1. The van der Waals surface area contributed by atoms with Gasteiger partial charge in [0, 0.05) is 6.42 Å². The molecule has 0 aliphatic heterocycles. The summed E-state index contributed by atoms with van der Waals surface area (Å²) in [6, 6.07) is 5.65. The number of aliphatic hydroxyl groups excluding tert-OH is 2. The van der Waals surface area contributed by atoms with Crippen LogP contribution < -0.4 is 0 Å². The van der Waals surface area contributed by atoms with Crippen molar-refractivity contribution in [2.24, 2.45) is 0 Å². The monoisotopic (exact) mass is 252 g/mol. The Morgan fingerprint density at radius 2 is 1.61 bits per heavy atom. The average molecular weight is 252 g/mol. The molecule has 0 fully saturated rings. The average Bonchev–Trinajstić information content (AvgIpc) is 2.42. The van der Waals surface area contributed by atoms with Gasteiger partial charge in [-0.15, -0.1) is 0 Å². The van der Waals surface area contributed by atoms with Gasteiger partial charge in [0.15, 0.2) is 0 Å². The maximum Gasteiger partial charge on any atom is 0.305 e. The normalized spacial score (nSPS) is 10.4. The second kappa shape index (κ2) is 7.84. The first kappa shape index (κ1) is 14.7. The third kappa shape index (κ3) is 4.85. The van der Waals surface area contributed by atoms with Crippen LogP contribution >= 0.6 is 0 Å². The molecule has 0 aromatic heterocycles. The highest BCUT2D eigenvalue weighted by atomic mass is 16.5. The second-order valence-corrected chi connectivity index (χ2v) is 4.26. The fourth-order valence-corrected chi connectivity index (χ4v) is 1.87. The molecular weight excluding hydrogens is 232 g/mol. The topological polar surface area (TPSA) is 66.8 Å². The minimum atomic E-state index is -0.185. The first-order valence-corrected chi connectivity index (χ1v) is 6.10. The molecule has 0 saturated carbocycles. The summed E-state index contributed by atoms with van der Waals surface area (Å²) >= 11 is 0. The van der Waals surface area contributed by atoms with Crippen LogP contribution in [0.15, 0.2) is 18.2 Å². The third-order valence-electron chi connectivity index (χ3n) is 2.80. The molecule has 0 heterocycles. The lowest BCUT2D eigenvalue weighted by Gasteiger charge is -2.07. The Bertz CT molecular complexity index is 365. The van der Waals surface area contributed by atoms with Crippen molar-refractivity contribution in [3.05, 3.63) is 34.9 Å². The number of rotatable bonds is 7. The minimum Gasteiger partial charge on any atom is -0.469 e. The zero-order chi connectivity index (χ0) is 13.4. The molecule has 18 heavy (non-hydrogen) atoms. The van der Waals surface area contributed by atoms with Crippen molar-refractivity contribution < 1.29 is 19.7 Å². The van der Waals surface area contributed by atoms with Gasteiger partial charge in [0.1, 0.15) is 0 Å². The van der Waals surface area contributed by atoms with Crippen LogP contribution in [0.2, 0.25) is 0 Å². The molecule has 0 aliphatic carbocycles. The van der Waals surface area contributed by atoms with Gasteiger partial charge >= 0.3 is 5.97 Å². The molecule has 1 rings (SSSR count). The van der Waals surface area contributed by atoms with E-state index in [1.54, 1.807) is 6.07 Å². The highest BCUT2D eigenvalue weighted by Crippen LogP contribution is 2.14. The van der Waals surface area contributed by atoms with Gasteiger partial charge in [-0.05, 0) is 36.0 Å². The molecular formula is C14H20O4. The predicted molar refractivity (Wildman–Crippen MR) is 67.9 cm³/mol. The van der Waals surface area contributed by atoms with Gasteiger partial charge in [0.05, 0.1) is 20.3 Å². The van der Waals surface area contributed by atoms with Crippen LogP contribution in [-0.4, -0.2) is 23.3 Å². The van der Waals surface area contributed by atoms with Gasteiger partial charge < -0.3 is 14.9 Å². The van der Waals surface area contributed by atoms with Crippen molar-refractivity contribution in [2.45, 2.75) is 38.9 Å². The standard InChI is InChI=1S/C14H20O4/c1-18-14(17)5-3-2-4-11-6-12(9-15)8-13(7-11)10-16/h6-8,15-16H,2-5,9-10H2,1H3. The summed E-state index contributed by atoms with van der Waals surface area (Å²) in [5, 5.41) is 18.2. The first-order chi connectivity index (χ1) is 8.69. The number of aliphatic hydroxyl groups is 2. The summed E-state index contributed by atoms with van der Waals surface area (Å²) in [5.74, 6) is -0.185. The molecule has 0 atom stereocenters. The van der Waals surface area contributed by atoms with E-state index >= 15 is 0 Å².